The SMILES string of the molecule is O=C(Cc1csc(-c2ccc(F)cc2)n1)Nc1ccc(-c2ccccc2)cc1. The number of amides is 1. The van der Waals surface area contributed by atoms with Crippen molar-refractivity contribution in [2.75, 3.05) is 5.32 Å². The summed E-state index contributed by atoms with van der Waals surface area (Å²) in [6.45, 7) is 0. The van der Waals surface area contributed by atoms with Crippen molar-refractivity contribution in [1.82, 2.24) is 4.98 Å². The first kappa shape index (κ1) is 18.1. The van der Waals surface area contributed by atoms with E-state index in [-0.39, 0.29) is 18.1 Å². The molecule has 4 rings (SSSR count). The van der Waals surface area contributed by atoms with Crippen molar-refractivity contribution in [2.45, 2.75) is 6.42 Å². The van der Waals surface area contributed by atoms with Crippen LogP contribution in [0.25, 0.3) is 21.7 Å². The fraction of sp³-hybridized carbons (Fsp3) is 0.0435. The molecule has 1 heterocycles. The topological polar surface area (TPSA) is 42.0 Å². The summed E-state index contributed by atoms with van der Waals surface area (Å²) in [6, 6.07) is 24.0. The number of thiazole rings is 1. The van der Waals surface area contributed by atoms with E-state index in [9.17, 15) is 9.18 Å². The van der Waals surface area contributed by atoms with Gasteiger partial charge in [0.25, 0.3) is 0 Å². The van der Waals surface area contributed by atoms with E-state index in [0.717, 1.165) is 27.4 Å². The highest BCUT2D eigenvalue weighted by atomic mass is 32.1. The van der Waals surface area contributed by atoms with Gasteiger partial charge in [0.05, 0.1) is 12.1 Å². The van der Waals surface area contributed by atoms with E-state index in [0.29, 0.717) is 5.69 Å². The van der Waals surface area contributed by atoms with Crippen molar-refractivity contribution in [3.05, 3.63) is 95.8 Å². The lowest BCUT2D eigenvalue weighted by Crippen LogP contribution is -2.14. The largest absolute Gasteiger partial charge is 0.326 e. The number of aromatic nitrogens is 1. The summed E-state index contributed by atoms with van der Waals surface area (Å²) < 4.78 is 13.0. The quantitative estimate of drug-likeness (QED) is 0.470. The van der Waals surface area contributed by atoms with Gasteiger partial charge in [-0.1, -0.05) is 42.5 Å². The molecule has 1 aromatic heterocycles. The van der Waals surface area contributed by atoms with Crippen LogP contribution in [0.5, 0.6) is 0 Å². The minimum Gasteiger partial charge on any atom is -0.326 e. The van der Waals surface area contributed by atoms with Gasteiger partial charge in [-0.15, -0.1) is 11.3 Å². The second kappa shape index (κ2) is 8.15. The molecule has 0 unspecified atom stereocenters. The molecule has 5 heteroatoms. The van der Waals surface area contributed by atoms with Crippen LogP contribution in [-0.4, -0.2) is 10.9 Å². The van der Waals surface area contributed by atoms with E-state index in [1.807, 2.05) is 47.8 Å². The number of nitrogens with zero attached hydrogens (tertiary/aromatic N) is 1. The normalized spacial score (nSPS) is 10.6. The van der Waals surface area contributed by atoms with Crippen LogP contribution >= 0.6 is 11.3 Å². The Balaban J connectivity index is 1.39. The lowest BCUT2D eigenvalue weighted by atomic mass is 10.1. The lowest BCUT2D eigenvalue weighted by molar-refractivity contribution is -0.115. The molecule has 0 aliphatic carbocycles. The first-order chi connectivity index (χ1) is 13.7. The van der Waals surface area contributed by atoms with E-state index >= 15 is 0 Å². The van der Waals surface area contributed by atoms with Crippen molar-refractivity contribution in [3.63, 3.8) is 0 Å². The van der Waals surface area contributed by atoms with E-state index < -0.39 is 0 Å². The third-order valence-electron chi connectivity index (χ3n) is 4.26. The van der Waals surface area contributed by atoms with E-state index in [2.05, 4.69) is 22.4 Å². The zero-order valence-corrected chi connectivity index (χ0v) is 15.7. The summed E-state index contributed by atoms with van der Waals surface area (Å²) in [6.07, 6.45) is 0.193. The Morgan fingerprint density at radius 1 is 0.857 bits per heavy atom. The highest BCUT2D eigenvalue weighted by Gasteiger charge is 2.10. The van der Waals surface area contributed by atoms with Gasteiger partial charge in [-0.2, -0.15) is 0 Å². The number of nitrogens with one attached hydrogen (secondary N) is 1. The molecule has 0 aliphatic rings. The average Bonchev–Trinajstić information content (AvgIpc) is 3.18. The Bertz CT molecular complexity index is 1070. The molecular formula is C23H17FN2OS. The number of rotatable bonds is 5. The third kappa shape index (κ3) is 4.32. The predicted molar refractivity (Wildman–Crippen MR) is 112 cm³/mol. The maximum atomic E-state index is 13.0. The van der Waals surface area contributed by atoms with Gasteiger partial charge in [-0.05, 0) is 47.5 Å². The molecule has 1 N–H and O–H groups in total. The predicted octanol–water partition coefficient (Wildman–Crippen LogP) is 5.80. The van der Waals surface area contributed by atoms with Crippen LogP contribution in [0.15, 0.2) is 84.2 Å². The number of hydrogen-bond acceptors (Lipinski definition) is 3. The van der Waals surface area contributed by atoms with Crippen LogP contribution in [0.1, 0.15) is 5.69 Å². The second-order valence-electron chi connectivity index (χ2n) is 6.32. The molecular weight excluding hydrogens is 371 g/mol. The Kier molecular flexibility index (Phi) is 5.26. The molecule has 1 amide bonds. The summed E-state index contributed by atoms with van der Waals surface area (Å²) in [4.78, 5) is 16.8. The van der Waals surface area contributed by atoms with Gasteiger partial charge >= 0.3 is 0 Å². The zero-order chi connectivity index (χ0) is 19.3. The molecule has 4 aromatic rings. The van der Waals surface area contributed by atoms with Crippen LogP contribution < -0.4 is 5.32 Å². The molecule has 0 atom stereocenters. The van der Waals surface area contributed by atoms with Gasteiger partial charge in [-0.25, -0.2) is 9.37 Å². The monoisotopic (exact) mass is 388 g/mol. The van der Waals surface area contributed by atoms with E-state index in [1.165, 1.54) is 23.5 Å². The summed E-state index contributed by atoms with van der Waals surface area (Å²) in [5, 5.41) is 5.53. The first-order valence-corrected chi connectivity index (χ1v) is 9.71. The maximum Gasteiger partial charge on any atom is 0.230 e. The van der Waals surface area contributed by atoms with Crippen molar-refractivity contribution in [2.24, 2.45) is 0 Å². The molecule has 0 radical (unpaired) electrons. The number of anilines is 1. The minimum atomic E-state index is -0.279. The number of halogens is 1. The summed E-state index contributed by atoms with van der Waals surface area (Å²) in [5.41, 5.74) is 4.52. The van der Waals surface area contributed by atoms with Crippen molar-refractivity contribution in [3.8, 4) is 21.7 Å². The van der Waals surface area contributed by atoms with Gasteiger partial charge in [0.2, 0.25) is 5.91 Å². The molecule has 3 nitrogen and oxygen atoms in total. The van der Waals surface area contributed by atoms with Crippen LogP contribution in [0.4, 0.5) is 10.1 Å². The van der Waals surface area contributed by atoms with E-state index in [1.54, 1.807) is 12.1 Å². The lowest BCUT2D eigenvalue weighted by Gasteiger charge is -2.06. The van der Waals surface area contributed by atoms with Gasteiger partial charge in [0.15, 0.2) is 0 Å². The molecule has 0 saturated heterocycles. The van der Waals surface area contributed by atoms with E-state index in [4.69, 9.17) is 0 Å². The van der Waals surface area contributed by atoms with Crippen LogP contribution in [0, 0.1) is 5.82 Å². The zero-order valence-electron chi connectivity index (χ0n) is 14.9. The molecule has 0 fully saturated rings. The van der Waals surface area contributed by atoms with Gasteiger partial charge in [0, 0.05) is 16.6 Å². The number of carbonyl (C=O) groups is 1. The average molecular weight is 388 g/mol. The molecule has 28 heavy (non-hydrogen) atoms. The summed E-state index contributed by atoms with van der Waals surface area (Å²) in [5.74, 6) is -0.401. The second-order valence-corrected chi connectivity index (χ2v) is 7.18. The Morgan fingerprint density at radius 2 is 1.50 bits per heavy atom. The number of hydrogen-bond donors (Lipinski definition) is 1. The van der Waals surface area contributed by atoms with Crippen molar-refractivity contribution in [1.29, 1.82) is 0 Å². The maximum absolute atomic E-state index is 13.0. The first-order valence-electron chi connectivity index (χ1n) is 8.83. The standard InChI is InChI=1S/C23H17FN2OS/c24-19-10-6-18(7-11-19)23-26-21(15-28-23)14-22(27)25-20-12-8-17(9-13-20)16-4-2-1-3-5-16/h1-13,15H,14H2,(H,25,27). The molecule has 0 aliphatic heterocycles. The highest BCUT2D eigenvalue weighted by molar-refractivity contribution is 7.13. The summed E-state index contributed by atoms with van der Waals surface area (Å²) in [7, 11) is 0. The molecule has 3 aromatic carbocycles. The number of benzene rings is 3. The fourth-order valence-electron chi connectivity index (χ4n) is 2.86. The van der Waals surface area contributed by atoms with Gasteiger partial charge in [-0.3, -0.25) is 4.79 Å². The highest BCUT2D eigenvalue weighted by Crippen LogP contribution is 2.24. The van der Waals surface area contributed by atoms with Gasteiger partial charge < -0.3 is 5.32 Å². The van der Waals surface area contributed by atoms with Gasteiger partial charge in [0.1, 0.15) is 10.8 Å². The van der Waals surface area contributed by atoms with Crippen LogP contribution in [0.2, 0.25) is 0 Å². The van der Waals surface area contributed by atoms with Crippen molar-refractivity contribution >= 4 is 22.9 Å². The van der Waals surface area contributed by atoms with Crippen LogP contribution in [-0.2, 0) is 11.2 Å². The molecule has 0 bridgehead atoms. The van der Waals surface area contributed by atoms with Crippen molar-refractivity contribution < 1.29 is 9.18 Å². The Labute approximate surface area is 166 Å². The smallest absolute Gasteiger partial charge is 0.230 e. The Hall–Kier alpha value is -3.31. The molecule has 0 saturated carbocycles. The molecule has 138 valence electrons. The summed E-state index contributed by atoms with van der Waals surface area (Å²) >= 11 is 1.44. The Morgan fingerprint density at radius 3 is 2.21 bits per heavy atom. The number of carbonyl (C=O) groups excluding carboxylic acids is 1. The van der Waals surface area contributed by atoms with Crippen LogP contribution in [0.3, 0.4) is 0 Å². The third-order valence-corrected chi connectivity index (χ3v) is 5.20. The molecule has 0 spiro atoms. The fourth-order valence-corrected chi connectivity index (χ4v) is 3.69. The minimum absolute atomic E-state index is 0.122.